The predicted molar refractivity (Wildman–Crippen MR) is 210 cm³/mol. The number of ether oxygens (including phenoxy) is 3. The van der Waals surface area contributed by atoms with Crippen LogP contribution >= 0.6 is 11.8 Å². The summed E-state index contributed by atoms with van der Waals surface area (Å²) >= 11 is 1.31. The second kappa shape index (κ2) is 20.6. The van der Waals surface area contributed by atoms with E-state index in [-0.39, 0.29) is 24.1 Å². The Morgan fingerprint density at radius 1 is 0.902 bits per heavy atom. The topological polar surface area (TPSA) is 108 Å². The molecule has 0 spiro atoms. The lowest BCUT2D eigenvalue weighted by Gasteiger charge is -2.30. The van der Waals surface area contributed by atoms with Crippen LogP contribution in [0.2, 0.25) is 25.7 Å². The molecule has 1 aliphatic carbocycles. The van der Waals surface area contributed by atoms with Gasteiger partial charge in [-0.2, -0.15) is 0 Å². The van der Waals surface area contributed by atoms with Crippen molar-refractivity contribution in [3.05, 3.63) is 71.8 Å². The van der Waals surface area contributed by atoms with E-state index in [0.29, 0.717) is 25.2 Å². The van der Waals surface area contributed by atoms with Crippen molar-refractivity contribution >= 4 is 43.0 Å². The zero-order chi connectivity index (χ0) is 37.4. The van der Waals surface area contributed by atoms with Crippen molar-refractivity contribution < 1.29 is 33.4 Å². The van der Waals surface area contributed by atoms with Gasteiger partial charge in [-0.05, 0) is 52.6 Å². The number of allylic oxidation sites excluding steroid dienone is 1. The second-order valence-electron chi connectivity index (χ2n) is 15.6. The minimum atomic E-state index is -1.41. The van der Waals surface area contributed by atoms with Gasteiger partial charge < -0.3 is 19.5 Å². The molecular weight excluding hydrogens is 679 g/mol. The fourth-order valence-corrected chi connectivity index (χ4v) is 7.37. The molecular formula is C41H59NO7SSi. The SMILES string of the molecule is CCCCCCCC(=O)SCC/C=C/[C@H](CC(=O)OCC[Si](C)(C)C)OC(=O)[C@@H](NC(=O)OCC1c2ccccc2-c2ccccc21)C(C)(C)C. The van der Waals surface area contributed by atoms with Gasteiger partial charge in [-0.3, -0.25) is 9.59 Å². The lowest BCUT2D eigenvalue weighted by molar-refractivity contribution is -0.156. The number of benzene rings is 2. The molecule has 2 aromatic rings. The summed E-state index contributed by atoms with van der Waals surface area (Å²) in [5.74, 6) is -0.656. The van der Waals surface area contributed by atoms with E-state index in [2.05, 4.69) is 44.0 Å². The molecule has 0 fully saturated rings. The number of alkyl carbamates (subject to hydrolysis) is 1. The van der Waals surface area contributed by atoms with Gasteiger partial charge >= 0.3 is 18.0 Å². The van der Waals surface area contributed by atoms with Gasteiger partial charge in [0, 0.05) is 26.2 Å². The van der Waals surface area contributed by atoms with Crippen LogP contribution in [0.25, 0.3) is 11.1 Å². The maximum absolute atomic E-state index is 13.7. The molecule has 0 radical (unpaired) electrons. The van der Waals surface area contributed by atoms with E-state index in [0.717, 1.165) is 47.6 Å². The van der Waals surface area contributed by atoms with Crippen LogP contribution in [0.4, 0.5) is 4.79 Å². The maximum Gasteiger partial charge on any atom is 0.407 e. The summed E-state index contributed by atoms with van der Waals surface area (Å²) in [6.07, 6.45) is 8.42. The zero-order valence-electron chi connectivity index (χ0n) is 31.8. The quantitative estimate of drug-likeness (QED) is 0.0471. The summed E-state index contributed by atoms with van der Waals surface area (Å²) in [5.41, 5.74) is 3.71. The Balaban J connectivity index is 1.61. The number of fused-ring (bicyclic) bond motifs is 3. The maximum atomic E-state index is 13.7. The van der Waals surface area contributed by atoms with E-state index in [1.54, 1.807) is 6.08 Å². The highest BCUT2D eigenvalue weighted by Crippen LogP contribution is 2.44. The summed E-state index contributed by atoms with van der Waals surface area (Å²) in [7, 11) is -1.41. The first-order valence-electron chi connectivity index (χ1n) is 18.5. The average Bonchev–Trinajstić information content (AvgIpc) is 3.38. The van der Waals surface area contributed by atoms with Gasteiger partial charge in [0.1, 0.15) is 18.8 Å². The van der Waals surface area contributed by atoms with Gasteiger partial charge in [0.05, 0.1) is 13.0 Å². The smallest absolute Gasteiger partial charge is 0.407 e. The lowest BCUT2D eigenvalue weighted by Crippen LogP contribution is -2.51. The number of thioether (sulfide) groups is 1. The molecule has 3 rings (SSSR count). The van der Waals surface area contributed by atoms with Crippen molar-refractivity contribution in [3.8, 4) is 11.1 Å². The lowest BCUT2D eigenvalue weighted by atomic mass is 9.87. The third-order valence-corrected chi connectivity index (χ3v) is 11.5. The molecule has 0 saturated carbocycles. The van der Waals surface area contributed by atoms with Gasteiger partial charge in [0.25, 0.3) is 0 Å². The van der Waals surface area contributed by atoms with Crippen LogP contribution in [0, 0.1) is 5.41 Å². The number of esters is 2. The Kier molecular flexibility index (Phi) is 17.0. The molecule has 10 heteroatoms. The third-order valence-electron chi connectivity index (χ3n) is 8.84. The number of carbonyl (C=O) groups excluding carboxylic acids is 4. The van der Waals surface area contributed by atoms with Crippen LogP contribution < -0.4 is 5.32 Å². The Hall–Kier alpha value is -3.37. The highest BCUT2D eigenvalue weighted by atomic mass is 32.2. The number of hydrogen-bond donors (Lipinski definition) is 1. The monoisotopic (exact) mass is 737 g/mol. The van der Waals surface area contributed by atoms with Crippen LogP contribution in [0.1, 0.15) is 96.1 Å². The Morgan fingerprint density at radius 2 is 1.53 bits per heavy atom. The molecule has 1 N–H and O–H groups in total. The van der Waals surface area contributed by atoms with E-state index in [1.807, 2.05) is 63.2 Å². The number of hydrogen-bond acceptors (Lipinski definition) is 8. The molecule has 2 aromatic carbocycles. The number of nitrogens with one attached hydrogen (secondary N) is 1. The fraction of sp³-hybridized carbons (Fsp3) is 0.561. The molecule has 280 valence electrons. The van der Waals surface area contributed by atoms with Crippen molar-refractivity contribution in [2.45, 2.75) is 123 Å². The van der Waals surface area contributed by atoms with Crippen molar-refractivity contribution in [1.82, 2.24) is 5.32 Å². The molecule has 8 nitrogen and oxygen atoms in total. The number of unbranched alkanes of at least 4 members (excludes halogenated alkanes) is 4. The molecule has 1 aliphatic rings. The summed E-state index contributed by atoms with van der Waals surface area (Å²) in [6.45, 7) is 14.7. The van der Waals surface area contributed by atoms with E-state index in [1.165, 1.54) is 24.6 Å². The second-order valence-corrected chi connectivity index (χ2v) is 22.4. The molecule has 0 aromatic heterocycles. The normalized spacial score (nSPS) is 14.0. The molecule has 0 saturated heterocycles. The van der Waals surface area contributed by atoms with Crippen LogP contribution in [0.15, 0.2) is 60.7 Å². The van der Waals surface area contributed by atoms with Crippen LogP contribution in [-0.4, -0.2) is 62.3 Å². The van der Waals surface area contributed by atoms with Gasteiger partial charge in [0.2, 0.25) is 0 Å². The predicted octanol–water partition coefficient (Wildman–Crippen LogP) is 9.69. The van der Waals surface area contributed by atoms with E-state index >= 15 is 0 Å². The van der Waals surface area contributed by atoms with Gasteiger partial charge in [-0.1, -0.05) is 139 Å². The van der Waals surface area contributed by atoms with Crippen molar-refractivity contribution in [1.29, 1.82) is 0 Å². The van der Waals surface area contributed by atoms with E-state index < -0.39 is 43.7 Å². The highest BCUT2D eigenvalue weighted by Gasteiger charge is 2.37. The van der Waals surface area contributed by atoms with Gasteiger partial charge in [0.15, 0.2) is 5.12 Å². The number of rotatable bonds is 20. The standard InChI is InChI=1S/C41H59NO7SSi/c1-8-9-10-11-12-24-37(44)50-26-18-17-19-30(28-36(43)47-25-27-51(5,6)7)49-39(45)38(41(2,3)4)42-40(46)48-29-35-33-22-15-13-20-31(33)32-21-14-16-23-34(32)35/h13-17,19-23,30,35,38H,8-12,18,24-29H2,1-7H3,(H,42,46)/b19-17+/t30-,38-/m1/s1. The van der Waals surface area contributed by atoms with E-state index in [4.69, 9.17) is 14.2 Å². The largest absolute Gasteiger partial charge is 0.466 e. The van der Waals surface area contributed by atoms with E-state index in [9.17, 15) is 19.2 Å². The molecule has 0 heterocycles. The molecule has 1 amide bonds. The van der Waals surface area contributed by atoms with Gasteiger partial charge in [-0.25, -0.2) is 9.59 Å². The van der Waals surface area contributed by atoms with Crippen molar-refractivity contribution in [2.24, 2.45) is 5.41 Å². The first kappa shape index (κ1) is 42.0. The third kappa shape index (κ3) is 14.6. The summed E-state index contributed by atoms with van der Waals surface area (Å²) in [4.78, 5) is 52.0. The molecule has 0 unspecified atom stereocenters. The molecule has 0 bridgehead atoms. The van der Waals surface area contributed by atoms with Crippen molar-refractivity contribution in [2.75, 3.05) is 19.0 Å². The fourth-order valence-electron chi connectivity index (χ4n) is 5.88. The number of amides is 1. The molecule has 2 atom stereocenters. The van der Waals surface area contributed by atoms with Crippen LogP contribution in [0.3, 0.4) is 0 Å². The minimum absolute atomic E-state index is 0.111. The Morgan fingerprint density at radius 3 is 2.14 bits per heavy atom. The van der Waals surface area contributed by atoms with Crippen LogP contribution in [0.5, 0.6) is 0 Å². The zero-order valence-corrected chi connectivity index (χ0v) is 33.6. The molecule has 51 heavy (non-hydrogen) atoms. The summed E-state index contributed by atoms with van der Waals surface area (Å²) in [6, 6.07) is 16.0. The minimum Gasteiger partial charge on any atom is -0.466 e. The average molecular weight is 738 g/mol. The Labute approximate surface area is 310 Å². The first-order chi connectivity index (χ1) is 24.2. The van der Waals surface area contributed by atoms with Gasteiger partial charge in [-0.15, -0.1) is 0 Å². The van der Waals surface area contributed by atoms with Crippen LogP contribution in [-0.2, 0) is 28.6 Å². The highest BCUT2D eigenvalue weighted by molar-refractivity contribution is 8.13. The summed E-state index contributed by atoms with van der Waals surface area (Å²) < 4.78 is 17.1. The molecule has 0 aliphatic heterocycles. The first-order valence-corrected chi connectivity index (χ1v) is 23.2. The Bertz CT molecular complexity index is 1430. The number of carbonyl (C=O) groups is 4. The van der Waals surface area contributed by atoms with Crippen molar-refractivity contribution in [3.63, 3.8) is 0 Å². The summed E-state index contributed by atoms with van der Waals surface area (Å²) in [5, 5.41) is 2.92.